The average molecular weight is 241 g/mol. The largest absolute Gasteiger partial charge is 0.212 e. The lowest BCUT2D eigenvalue weighted by Gasteiger charge is -2.17. The Balaban J connectivity index is 2.84. The SMILES string of the molecule is CCCC(NS(=O)(=O)CC)c1ccccc1. The summed E-state index contributed by atoms with van der Waals surface area (Å²) in [5, 5.41) is 0. The molecular weight excluding hydrogens is 222 g/mol. The molecular formula is C12H19NO2S. The van der Waals surface area contributed by atoms with Gasteiger partial charge in [-0.15, -0.1) is 0 Å². The fourth-order valence-corrected chi connectivity index (χ4v) is 2.42. The first-order chi connectivity index (χ1) is 7.59. The molecule has 0 aliphatic rings. The predicted octanol–water partition coefficient (Wildman–Crippen LogP) is 2.47. The van der Waals surface area contributed by atoms with Crippen LogP contribution in [0.1, 0.15) is 38.3 Å². The molecule has 3 nitrogen and oxygen atoms in total. The first-order valence-corrected chi connectivity index (χ1v) is 7.29. The number of hydrogen-bond donors (Lipinski definition) is 1. The maximum Gasteiger partial charge on any atom is 0.211 e. The molecule has 0 aliphatic heterocycles. The quantitative estimate of drug-likeness (QED) is 0.831. The summed E-state index contributed by atoms with van der Waals surface area (Å²) in [5.74, 6) is 0.125. The zero-order valence-corrected chi connectivity index (χ0v) is 10.6. The second kappa shape index (κ2) is 6.01. The van der Waals surface area contributed by atoms with Crippen LogP contribution in [-0.2, 0) is 10.0 Å². The summed E-state index contributed by atoms with van der Waals surface area (Å²) < 4.78 is 25.8. The van der Waals surface area contributed by atoms with E-state index in [4.69, 9.17) is 0 Å². The molecule has 0 bridgehead atoms. The number of rotatable bonds is 6. The van der Waals surface area contributed by atoms with Gasteiger partial charge in [-0.1, -0.05) is 43.7 Å². The maximum atomic E-state index is 11.5. The van der Waals surface area contributed by atoms with Crippen molar-refractivity contribution in [1.29, 1.82) is 0 Å². The second-order valence-corrected chi connectivity index (χ2v) is 5.82. The fraction of sp³-hybridized carbons (Fsp3) is 0.500. The highest BCUT2D eigenvalue weighted by atomic mass is 32.2. The van der Waals surface area contributed by atoms with Gasteiger partial charge in [0.15, 0.2) is 0 Å². The van der Waals surface area contributed by atoms with Crippen molar-refractivity contribution in [2.24, 2.45) is 0 Å². The molecule has 1 aromatic carbocycles. The summed E-state index contributed by atoms with van der Waals surface area (Å²) >= 11 is 0. The smallest absolute Gasteiger partial charge is 0.211 e. The molecule has 0 fully saturated rings. The van der Waals surface area contributed by atoms with E-state index in [1.807, 2.05) is 30.3 Å². The Hall–Kier alpha value is -0.870. The minimum atomic E-state index is -3.14. The Labute approximate surface area is 97.9 Å². The molecule has 0 spiro atoms. The number of sulfonamides is 1. The Kier molecular flexibility index (Phi) is 4.96. The van der Waals surface area contributed by atoms with Crippen LogP contribution in [0.2, 0.25) is 0 Å². The summed E-state index contributed by atoms with van der Waals surface area (Å²) in [6, 6.07) is 9.60. The van der Waals surface area contributed by atoms with Gasteiger partial charge in [-0.05, 0) is 18.9 Å². The molecule has 1 atom stereocenters. The molecule has 0 aliphatic carbocycles. The molecule has 0 heterocycles. The molecule has 4 heteroatoms. The minimum Gasteiger partial charge on any atom is -0.212 e. The molecule has 1 N–H and O–H groups in total. The van der Waals surface area contributed by atoms with Gasteiger partial charge in [0.1, 0.15) is 0 Å². The molecule has 0 aromatic heterocycles. The van der Waals surface area contributed by atoms with E-state index in [9.17, 15) is 8.42 Å². The van der Waals surface area contributed by atoms with Crippen molar-refractivity contribution >= 4 is 10.0 Å². The van der Waals surface area contributed by atoms with Crippen molar-refractivity contribution in [2.45, 2.75) is 32.7 Å². The highest BCUT2D eigenvalue weighted by molar-refractivity contribution is 7.89. The Bertz CT molecular complexity index is 400. The Morgan fingerprint density at radius 2 is 1.81 bits per heavy atom. The van der Waals surface area contributed by atoms with E-state index in [-0.39, 0.29) is 11.8 Å². The molecule has 16 heavy (non-hydrogen) atoms. The Morgan fingerprint density at radius 3 is 2.31 bits per heavy atom. The first kappa shape index (κ1) is 13.2. The topological polar surface area (TPSA) is 46.2 Å². The van der Waals surface area contributed by atoms with Gasteiger partial charge < -0.3 is 0 Å². The molecule has 1 aromatic rings. The van der Waals surface area contributed by atoms with Crippen LogP contribution in [0.25, 0.3) is 0 Å². The highest BCUT2D eigenvalue weighted by Crippen LogP contribution is 2.18. The predicted molar refractivity (Wildman–Crippen MR) is 66.7 cm³/mol. The van der Waals surface area contributed by atoms with E-state index in [2.05, 4.69) is 11.6 Å². The van der Waals surface area contributed by atoms with Crippen LogP contribution in [-0.4, -0.2) is 14.2 Å². The summed E-state index contributed by atoms with van der Waals surface area (Å²) in [6.07, 6.45) is 1.77. The van der Waals surface area contributed by atoms with E-state index in [1.54, 1.807) is 6.92 Å². The van der Waals surface area contributed by atoms with Crippen LogP contribution in [0.4, 0.5) is 0 Å². The van der Waals surface area contributed by atoms with Gasteiger partial charge >= 0.3 is 0 Å². The molecule has 0 amide bonds. The van der Waals surface area contributed by atoms with E-state index >= 15 is 0 Å². The summed E-state index contributed by atoms with van der Waals surface area (Å²) in [5.41, 5.74) is 1.03. The van der Waals surface area contributed by atoms with E-state index in [1.165, 1.54) is 0 Å². The zero-order chi connectivity index (χ0) is 12.0. The van der Waals surface area contributed by atoms with E-state index < -0.39 is 10.0 Å². The standard InChI is InChI=1S/C12H19NO2S/c1-3-8-12(13-16(14,15)4-2)11-9-6-5-7-10-11/h5-7,9-10,12-13H,3-4,8H2,1-2H3. The van der Waals surface area contributed by atoms with Gasteiger partial charge in [-0.2, -0.15) is 0 Å². The van der Waals surface area contributed by atoms with Crippen molar-refractivity contribution in [2.75, 3.05) is 5.75 Å². The second-order valence-electron chi connectivity index (χ2n) is 3.77. The van der Waals surface area contributed by atoms with E-state index in [0.717, 1.165) is 18.4 Å². The van der Waals surface area contributed by atoms with Gasteiger partial charge in [-0.25, -0.2) is 13.1 Å². The molecule has 0 saturated heterocycles. The third-order valence-corrected chi connectivity index (χ3v) is 3.88. The lowest BCUT2D eigenvalue weighted by atomic mass is 10.0. The summed E-state index contributed by atoms with van der Waals surface area (Å²) in [6.45, 7) is 3.70. The van der Waals surface area contributed by atoms with Crippen LogP contribution in [0, 0.1) is 0 Å². The van der Waals surface area contributed by atoms with Crippen molar-refractivity contribution in [3.05, 3.63) is 35.9 Å². The first-order valence-electron chi connectivity index (χ1n) is 5.64. The minimum absolute atomic E-state index is 0.101. The normalized spacial score (nSPS) is 13.6. The van der Waals surface area contributed by atoms with Crippen LogP contribution in [0.5, 0.6) is 0 Å². The third-order valence-electron chi connectivity index (χ3n) is 2.48. The van der Waals surface area contributed by atoms with Gasteiger partial charge in [0.05, 0.1) is 5.75 Å². The monoisotopic (exact) mass is 241 g/mol. The van der Waals surface area contributed by atoms with Crippen LogP contribution in [0.3, 0.4) is 0 Å². The number of nitrogens with one attached hydrogen (secondary N) is 1. The number of benzene rings is 1. The number of hydrogen-bond acceptors (Lipinski definition) is 2. The van der Waals surface area contributed by atoms with Crippen LogP contribution >= 0.6 is 0 Å². The fourth-order valence-electron chi connectivity index (χ4n) is 1.57. The average Bonchev–Trinajstić information content (AvgIpc) is 2.29. The van der Waals surface area contributed by atoms with E-state index in [0.29, 0.717) is 0 Å². The highest BCUT2D eigenvalue weighted by Gasteiger charge is 2.16. The van der Waals surface area contributed by atoms with Crippen LogP contribution < -0.4 is 4.72 Å². The van der Waals surface area contributed by atoms with Crippen molar-refractivity contribution in [1.82, 2.24) is 4.72 Å². The lowest BCUT2D eigenvalue weighted by molar-refractivity contribution is 0.537. The van der Waals surface area contributed by atoms with Gasteiger partial charge in [0, 0.05) is 6.04 Å². The van der Waals surface area contributed by atoms with Crippen molar-refractivity contribution in [3.8, 4) is 0 Å². The molecule has 0 radical (unpaired) electrons. The maximum absolute atomic E-state index is 11.5. The molecule has 1 unspecified atom stereocenters. The van der Waals surface area contributed by atoms with Crippen molar-refractivity contribution in [3.63, 3.8) is 0 Å². The van der Waals surface area contributed by atoms with Crippen molar-refractivity contribution < 1.29 is 8.42 Å². The lowest BCUT2D eigenvalue weighted by Crippen LogP contribution is -2.29. The Morgan fingerprint density at radius 1 is 1.19 bits per heavy atom. The molecule has 0 saturated carbocycles. The molecule has 90 valence electrons. The summed E-state index contributed by atoms with van der Waals surface area (Å²) in [7, 11) is -3.14. The molecule has 1 rings (SSSR count). The van der Waals surface area contributed by atoms with Gasteiger partial charge in [0.25, 0.3) is 0 Å². The third kappa shape index (κ3) is 3.94. The van der Waals surface area contributed by atoms with Crippen LogP contribution in [0.15, 0.2) is 30.3 Å². The zero-order valence-electron chi connectivity index (χ0n) is 9.81. The van der Waals surface area contributed by atoms with Gasteiger partial charge in [0.2, 0.25) is 10.0 Å². The van der Waals surface area contributed by atoms with Gasteiger partial charge in [-0.3, -0.25) is 0 Å². The summed E-state index contributed by atoms with van der Waals surface area (Å²) in [4.78, 5) is 0.